The number of halogens is 1. The molecular weight excluding hydrogens is 391 g/mol. The van der Waals surface area contributed by atoms with Gasteiger partial charge < -0.3 is 9.80 Å². The van der Waals surface area contributed by atoms with E-state index in [2.05, 4.69) is 14.9 Å². The molecule has 5 nitrogen and oxygen atoms in total. The van der Waals surface area contributed by atoms with Gasteiger partial charge in [-0.05, 0) is 30.3 Å². The zero-order valence-corrected chi connectivity index (χ0v) is 16.9. The van der Waals surface area contributed by atoms with Gasteiger partial charge in [-0.1, -0.05) is 48.5 Å². The monoisotopic (exact) mass is 412 g/mol. The van der Waals surface area contributed by atoms with Gasteiger partial charge in [0.15, 0.2) is 5.82 Å². The molecule has 6 heteroatoms. The van der Waals surface area contributed by atoms with Gasteiger partial charge in [0.2, 0.25) is 0 Å². The Labute approximate surface area is 179 Å². The largest absolute Gasteiger partial charge is 0.368 e. The van der Waals surface area contributed by atoms with Crippen LogP contribution >= 0.6 is 0 Å². The summed E-state index contributed by atoms with van der Waals surface area (Å²) in [5, 5.41) is 0.758. The van der Waals surface area contributed by atoms with E-state index in [1.165, 1.54) is 12.1 Å². The van der Waals surface area contributed by atoms with Crippen molar-refractivity contribution in [2.75, 3.05) is 31.1 Å². The minimum Gasteiger partial charge on any atom is -0.368 e. The van der Waals surface area contributed by atoms with Crippen molar-refractivity contribution in [3.63, 3.8) is 0 Å². The van der Waals surface area contributed by atoms with Gasteiger partial charge in [-0.25, -0.2) is 14.4 Å². The summed E-state index contributed by atoms with van der Waals surface area (Å²) < 4.78 is 13.2. The van der Waals surface area contributed by atoms with Gasteiger partial charge >= 0.3 is 0 Å². The van der Waals surface area contributed by atoms with Gasteiger partial charge in [0.25, 0.3) is 5.91 Å². The summed E-state index contributed by atoms with van der Waals surface area (Å²) in [7, 11) is 0. The van der Waals surface area contributed by atoms with E-state index in [1.54, 1.807) is 12.1 Å². The van der Waals surface area contributed by atoms with Crippen molar-refractivity contribution in [3.05, 3.63) is 90.4 Å². The maximum atomic E-state index is 13.5. The zero-order chi connectivity index (χ0) is 21.2. The second-order valence-electron chi connectivity index (χ2n) is 7.53. The van der Waals surface area contributed by atoms with Crippen LogP contribution in [0, 0.1) is 5.82 Å². The summed E-state index contributed by atoms with van der Waals surface area (Å²) in [4.78, 5) is 26.8. The summed E-state index contributed by atoms with van der Waals surface area (Å²) in [6.45, 7) is 2.53. The quantitative estimate of drug-likeness (QED) is 0.501. The van der Waals surface area contributed by atoms with Crippen molar-refractivity contribution in [2.45, 2.75) is 0 Å². The van der Waals surface area contributed by atoms with E-state index < -0.39 is 0 Å². The summed E-state index contributed by atoms with van der Waals surface area (Å²) >= 11 is 0. The number of hydrogen-bond donors (Lipinski definition) is 0. The van der Waals surface area contributed by atoms with Crippen LogP contribution in [0.25, 0.3) is 22.3 Å². The molecule has 0 unspecified atom stereocenters. The number of piperazine rings is 1. The smallest absolute Gasteiger partial charge is 0.273 e. The van der Waals surface area contributed by atoms with E-state index in [-0.39, 0.29) is 11.7 Å². The lowest BCUT2D eigenvalue weighted by atomic mass is 10.1. The summed E-state index contributed by atoms with van der Waals surface area (Å²) in [6, 6.07) is 23.8. The van der Waals surface area contributed by atoms with E-state index in [9.17, 15) is 9.18 Å². The van der Waals surface area contributed by atoms with Crippen LogP contribution in [-0.2, 0) is 0 Å². The summed E-state index contributed by atoms with van der Waals surface area (Å²) in [6.07, 6.45) is 0. The molecule has 0 spiro atoms. The first-order valence-corrected chi connectivity index (χ1v) is 10.3. The van der Waals surface area contributed by atoms with Crippen LogP contribution in [0.2, 0.25) is 0 Å². The lowest BCUT2D eigenvalue weighted by Gasteiger charge is -2.36. The number of fused-ring (bicyclic) bond motifs is 1. The lowest BCUT2D eigenvalue weighted by Crippen LogP contribution is -2.49. The van der Waals surface area contributed by atoms with Gasteiger partial charge in [-0.15, -0.1) is 0 Å². The molecule has 0 N–H and O–H groups in total. The third-order valence-corrected chi connectivity index (χ3v) is 5.60. The molecule has 2 heterocycles. The van der Waals surface area contributed by atoms with Gasteiger partial charge in [0.1, 0.15) is 11.5 Å². The number of anilines is 1. The van der Waals surface area contributed by atoms with Crippen LogP contribution in [0.4, 0.5) is 10.1 Å². The second-order valence-corrected chi connectivity index (χ2v) is 7.53. The molecule has 0 radical (unpaired) electrons. The first-order valence-electron chi connectivity index (χ1n) is 10.3. The molecule has 1 fully saturated rings. The number of para-hydroxylation sites is 1. The molecule has 3 aromatic carbocycles. The number of carbonyl (C=O) groups excluding carboxylic acids is 1. The highest BCUT2D eigenvalue weighted by molar-refractivity contribution is 6.05. The van der Waals surface area contributed by atoms with E-state index in [0.29, 0.717) is 37.7 Å². The van der Waals surface area contributed by atoms with Crippen LogP contribution in [0.15, 0.2) is 78.9 Å². The molecule has 154 valence electrons. The minimum absolute atomic E-state index is 0.0884. The molecular formula is C25H21FN4O. The number of aromatic nitrogens is 2. The van der Waals surface area contributed by atoms with Gasteiger partial charge in [-0.2, -0.15) is 0 Å². The fourth-order valence-electron chi connectivity index (χ4n) is 3.93. The topological polar surface area (TPSA) is 49.3 Å². The van der Waals surface area contributed by atoms with E-state index >= 15 is 0 Å². The fourth-order valence-corrected chi connectivity index (χ4v) is 3.93. The third kappa shape index (κ3) is 3.84. The van der Waals surface area contributed by atoms with Crippen molar-refractivity contribution < 1.29 is 9.18 Å². The van der Waals surface area contributed by atoms with Crippen LogP contribution in [0.3, 0.4) is 0 Å². The van der Waals surface area contributed by atoms with Crippen molar-refractivity contribution >= 4 is 22.5 Å². The molecule has 0 atom stereocenters. The van der Waals surface area contributed by atoms with Gasteiger partial charge in [-0.3, -0.25) is 4.79 Å². The number of rotatable bonds is 3. The molecule has 0 bridgehead atoms. The molecule has 1 aliphatic heterocycles. The summed E-state index contributed by atoms with van der Waals surface area (Å²) in [5.74, 6) is 0.213. The molecule has 0 saturated carbocycles. The Morgan fingerprint density at radius 1 is 0.774 bits per heavy atom. The van der Waals surface area contributed by atoms with Crippen molar-refractivity contribution in [1.29, 1.82) is 0 Å². The average Bonchev–Trinajstić information content (AvgIpc) is 2.84. The number of carbonyl (C=O) groups is 1. The van der Waals surface area contributed by atoms with Crippen LogP contribution < -0.4 is 4.90 Å². The van der Waals surface area contributed by atoms with Crippen molar-refractivity contribution in [2.24, 2.45) is 0 Å². The number of amides is 1. The number of benzene rings is 3. The predicted molar refractivity (Wildman–Crippen MR) is 119 cm³/mol. The molecule has 0 aliphatic carbocycles. The SMILES string of the molecule is O=C(c1nc(-c2ccccc2)nc2ccccc12)N1CCN(c2ccc(F)cc2)CC1. The predicted octanol–water partition coefficient (Wildman–Crippen LogP) is 4.40. The Hall–Kier alpha value is -3.80. The van der Waals surface area contributed by atoms with Crippen LogP contribution in [0.5, 0.6) is 0 Å². The Morgan fingerprint density at radius 3 is 2.19 bits per heavy atom. The maximum absolute atomic E-state index is 13.5. The number of nitrogens with zero attached hydrogens (tertiary/aromatic N) is 4. The molecule has 1 amide bonds. The maximum Gasteiger partial charge on any atom is 0.273 e. The molecule has 1 aliphatic rings. The lowest BCUT2D eigenvalue weighted by molar-refractivity contribution is 0.0743. The zero-order valence-electron chi connectivity index (χ0n) is 16.9. The fraction of sp³-hybridized carbons (Fsp3) is 0.160. The Kier molecular flexibility index (Phi) is 5.04. The molecule has 5 rings (SSSR count). The Morgan fingerprint density at radius 2 is 1.45 bits per heavy atom. The molecule has 4 aromatic rings. The summed E-state index contributed by atoms with van der Waals surface area (Å²) in [5.41, 5.74) is 3.03. The first-order chi connectivity index (χ1) is 15.2. The van der Waals surface area contributed by atoms with E-state index in [4.69, 9.17) is 0 Å². The van der Waals surface area contributed by atoms with Crippen molar-refractivity contribution in [1.82, 2.24) is 14.9 Å². The minimum atomic E-state index is -0.248. The molecule has 1 saturated heterocycles. The van der Waals surface area contributed by atoms with Crippen LogP contribution in [0.1, 0.15) is 10.5 Å². The van der Waals surface area contributed by atoms with E-state index in [1.807, 2.05) is 59.5 Å². The highest BCUT2D eigenvalue weighted by Gasteiger charge is 2.25. The third-order valence-electron chi connectivity index (χ3n) is 5.60. The van der Waals surface area contributed by atoms with Gasteiger partial charge in [0, 0.05) is 42.8 Å². The average molecular weight is 412 g/mol. The molecule has 31 heavy (non-hydrogen) atoms. The van der Waals surface area contributed by atoms with Crippen molar-refractivity contribution in [3.8, 4) is 11.4 Å². The van der Waals surface area contributed by atoms with Gasteiger partial charge in [0.05, 0.1) is 5.52 Å². The Balaban J connectivity index is 1.43. The standard InChI is InChI=1S/C25H21FN4O/c26-19-10-12-20(13-11-19)29-14-16-30(17-15-29)25(31)23-21-8-4-5-9-22(21)27-24(28-23)18-6-2-1-3-7-18/h1-13H,14-17H2. The second kappa shape index (κ2) is 8.14. The highest BCUT2D eigenvalue weighted by Crippen LogP contribution is 2.24. The highest BCUT2D eigenvalue weighted by atomic mass is 19.1. The van der Waals surface area contributed by atoms with Crippen LogP contribution in [-0.4, -0.2) is 47.0 Å². The van der Waals surface area contributed by atoms with E-state index in [0.717, 1.165) is 22.2 Å². The Bertz CT molecular complexity index is 1220. The first kappa shape index (κ1) is 19.2. The molecule has 1 aromatic heterocycles. The number of hydrogen-bond acceptors (Lipinski definition) is 4. The normalized spacial score (nSPS) is 14.1.